The van der Waals surface area contributed by atoms with Gasteiger partial charge in [0.15, 0.2) is 0 Å². The molecule has 1 unspecified atom stereocenters. The smallest absolute Gasteiger partial charge is 0.0335 e. The Morgan fingerprint density at radius 3 is 2.17 bits per heavy atom. The van der Waals surface area contributed by atoms with Crippen molar-refractivity contribution in [3.05, 3.63) is 71.3 Å². The van der Waals surface area contributed by atoms with Gasteiger partial charge in [-0.2, -0.15) is 0 Å². The second-order valence-electron chi connectivity index (χ2n) is 4.48. The van der Waals surface area contributed by atoms with Gasteiger partial charge < -0.3 is 5.73 Å². The van der Waals surface area contributed by atoms with Crippen LogP contribution in [0.1, 0.15) is 22.7 Å². The second-order valence-corrected chi connectivity index (χ2v) is 5.27. The molecule has 0 aliphatic rings. The predicted octanol–water partition coefficient (Wildman–Crippen LogP) is 3.87. The molecule has 2 rings (SSSR count). The van der Waals surface area contributed by atoms with E-state index in [1.54, 1.807) is 0 Å². The fourth-order valence-corrected chi connectivity index (χ4v) is 2.48. The van der Waals surface area contributed by atoms with E-state index < -0.39 is 0 Å². The highest BCUT2D eigenvalue weighted by atomic mass is 79.9. The number of alkyl halides is 1. The zero-order valence-electron chi connectivity index (χ0n) is 10.4. The number of aryl methyl sites for hydroxylation is 1. The molecule has 0 aliphatic heterocycles. The summed E-state index contributed by atoms with van der Waals surface area (Å²) >= 11 is 3.45. The maximum atomic E-state index is 6.24. The average molecular weight is 304 g/mol. The Morgan fingerprint density at radius 2 is 1.56 bits per heavy atom. The van der Waals surface area contributed by atoms with E-state index in [2.05, 4.69) is 64.5 Å². The highest BCUT2D eigenvalue weighted by Gasteiger charge is 2.06. The van der Waals surface area contributed by atoms with Gasteiger partial charge in [-0.05, 0) is 29.5 Å². The van der Waals surface area contributed by atoms with Crippen LogP contribution in [0, 0.1) is 0 Å². The van der Waals surface area contributed by atoms with Crippen LogP contribution in [0.2, 0.25) is 0 Å². The Balaban J connectivity index is 2.02. The Morgan fingerprint density at radius 1 is 0.889 bits per heavy atom. The fraction of sp³-hybridized carbons (Fsp3) is 0.250. The summed E-state index contributed by atoms with van der Waals surface area (Å²) in [5, 5.41) is 1.00. The highest BCUT2D eigenvalue weighted by molar-refractivity contribution is 9.09. The highest BCUT2D eigenvalue weighted by Crippen LogP contribution is 2.17. The van der Waals surface area contributed by atoms with Crippen LogP contribution in [0.5, 0.6) is 0 Å². The first kappa shape index (κ1) is 13.3. The van der Waals surface area contributed by atoms with Crippen LogP contribution in [-0.4, -0.2) is 5.33 Å². The van der Waals surface area contributed by atoms with E-state index in [1.807, 2.05) is 6.07 Å². The van der Waals surface area contributed by atoms with Crippen molar-refractivity contribution in [2.45, 2.75) is 18.9 Å². The van der Waals surface area contributed by atoms with Gasteiger partial charge in [0, 0.05) is 11.4 Å². The Bertz CT molecular complexity index is 464. The van der Waals surface area contributed by atoms with E-state index in [4.69, 9.17) is 5.73 Å². The molecule has 0 amide bonds. The van der Waals surface area contributed by atoms with Gasteiger partial charge in [0.05, 0.1) is 0 Å². The molecule has 0 saturated heterocycles. The molecule has 0 aliphatic carbocycles. The van der Waals surface area contributed by atoms with E-state index in [-0.39, 0.29) is 6.04 Å². The molecule has 0 radical (unpaired) electrons. The van der Waals surface area contributed by atoms with E-state index in [1.165, 1.54) is 16.7 Å². The van der Waals surface area contributed by atoms with E-state index in [9.17, 15) is 0 Å². The van der Waals surface area contributed by atoms with Gasteiger partial charge in [0.1, 0.15) is 0 Å². The summed E-state index contributed by atoms with van der Waals surface area (Å²) in [6.45, 7) is 0. The number of nitrogens with two attached hydrogens (primary N) is 1. The lowest BCUT2D eigenvalue weighted by Crippen LogP contribution is -2.13. The van der Waals surface area contributed by atoms with Gasteiger partial charge in [-0.1, -0.05) is 70.5 Å². The van der Waals surface area contributed by atoms with Crippen LogP contribution in [0.4, 0.5) is 0 Å². The van der Waals surface area contributed by atoms with Crippen LogP contribution in [0.15, 0.2) is 54.6 Å². The molecule has 2 N–H and O–H groups in total. The lowest BCUT2D eigenvalue weighted by Gasteiger charge is -2.12. The normalized spacial score (nSPS) is 12.3. The van der Waals surface area contributed by atoms with Crippen LogP contribution in [-0.2, 0) is 12.8 Å². The first-order valence-electron chi connectivity index (χ1n) is 6.24. The van der Waals surface area contributed by atoms with Gasteiger partial charge in [0.2, 0.25) is 0 Å². The molecule has 1 atom stereocenters. The largest absolute Gasteiger partial charge is 0.324 e. The van der Waals surface area contributed by atoms with E-state index in [0.29, 0.717) is 0 Å². The molecule has 0 bridgehead atoms. The SMILES string of the molecule is NC(Cc1ccccc1)c1ccc(CCBr)cc1. The molecule has 1 nitrogen and oxygen atoms in total. The minimum Gasteiger partial charge on any atom is -0.324 e. The van der Waals surface area contributed by atoms with Crippen molar-refractivity contribution in [2.24, 2.45) is 5.73 Å². The van der Waals surface area contributed by atoms with Gasteiger partial charge in [-0.15, -0.1) is 0 Å². The minimum atomic E-state index is 0.0745. The monoisotopic (exact) mass is 303 g/mol. The first-order valence-corrected chi connectivity index (χ1v) is 7.36. The van der Waals surface area contributed by atoms with Crippen molar-refractivity contribution < 1.29 is 0 Å². The van der Waals surface area contributed by atoms with E-state index >= 15 is 0 Å². The quantitative estimate of drug-likeness (QED) is 0.834. The van der Waals surface area contributed by atoms with Gasteiger partial charge in [-0.3, -0.25) is 0 Å². The van der Waals surface area contributed by atoms with Gasteiger partial charge >= 0.3 is 0 Å². The topological polar surface area (TPSA) is 26.0 Å². The third-order valence-electron chi connectivity index (χ3n) is 3.09. The maximum Gasteiger partial charge on any atom is 0.0335 e. The van der Waals surface area contributed by atoms with Crippen molar-refractivity contribution in [2.75, 3.05) is 5.33 Å². The maximum absolute atomic E-state index is 6.24. The summed E-state index contributed by atoms with van der Waals surface area (Å²) in [4.78, 5) is 0. The lowest BCUT2D eigenvalue weighted by molar-refractivity contribution is 0.721. The van der Waals surface area contributed by atoms with E-state index in [0.717, 1.165) is 18.2 Å². The standard InChI is InChI=1S/C16H18BrN/c17-11-10-13-6-8-15(9-7-13)16(18)12-14-4-2-1-3-5-14/h1-9,16H,10-12,18H2. The molecule has 0 fully saturated rings. The molecule has 0 spiro atoms. The predicted molar refractivity (Wildman–Crippen MR) is 81.0 cm³/mol. The molecule has 94 valence electrons. The van der Waals surface area contributed by atoms with Crippen molar-refractivity contribution >= 4 is 15.9 Å². The van der Waals surface area contributed by atoms with Gasteiger partial charge in [0.25, 0.3) is 0 Å². The number of rotatable bonds is 5. The molecular formula is C16H18BrN. The Labute approximate surface area is 117 Å². The molecule has 18 heavy (non-hydrogen) atoms. The molecule has 2 aromatic carbocycles. The van der Waals surface area contributed by atoms with Crippen LogP contribution in [0.3, 0.4) is 0 Å². The molecular weight excluding hydrogens is 286 g/mol. The summed E-state index contributed by atoms with van der Waals surface area (Å²) in [5.41, 5.74) is 10.1. The summed E-state index contributed by atoms with van der Waals surface area (Å²) < 4.78 is 0. The summed E-state index contributed by atoms with van der Waals surface area (Å²) in [6.07, 6.45) is 1.95. The fourth-order valence-electron chi connectivity index (χ4n) is 2.03. The van der Waals surface area contributed by atoms with Gasteiger partial charge in [-0.25, -0.2) is 0 Å². The molecule has 0 heterocycles. The Hall–Kier alpha value is -1.12. The summed E-state index contributed by atoms with van der Waals surface area (Å²) in [5.74, 6) is 0. The number of benzene rings is 2. The number of hydrogen-bond acceptors (Lipinski definition) is 1. The number of halogens is 1. The third-order valence-corrected chi connectivity index (χ3v) is 3.49. The average Bonchev–Trinajstić information content (AvgIpc) is 2.41. The lowest BCUT2D eigenvalue weighted by atomic mass is 9.98. The number of hydrogen-bond donors (Lipinski definition) is 1. The zero-order chi connectivity index (χ0) is 12.8. The van der Waals surface area contributed by atoms with Crippen molar-refractivity contribution in [3.8, 4) is 0 Å². The zero-order valence-corrected chi connectivity index (χ0v) is 11.9. The molecule has 0 saturated carbocycles. The van der Waals surface area contributed by atoms with Crippen LogP contribution in [0.25, 0.3) is 0 Å². The first-order chi connectivity index (χ1) is 8.79. The molecule has 0 aromatic heterocycles. The van der Waals surface area contributed by atoms with Crippen molar-refractivity contribution in [1.29, 1.82) is 0 Å². The minimum absolute atomic E-state index is 0.0745. The van der Waals surface area contributed by atoms with Crippen molar-refractivity contribution in [3.63, 3.8) is 0 Å². The Kier molecular flexibility index (Phi) is 4.97. The second kappa shape index (κ2) is 6.72. The third kappa shape index (κ3) is 3.69. The van der Waals surface area contributed by atoms with Crippen LogP contribution >= 0.6 is 15.9 Å². The van der Waals surface area contributed by atoms with Crippen molar-refractivity contribution in [1.82, 2.24) is 0 Å². The summed E-state index contributed by atoms with van der Waals surface area (Å²) in [7, 11) is 0. The summed E-state index contributed by atoms with van der Waals surface area (Å²) in [6, 6.07) is 19.1. The molecule has 2 aromatic rings. The molecule has 2 heteroatoms. The van der Waals surface area contributed by atoms with Crippen LogP contribution < -0.4 is 5.73 Å².